The van der Waals surface area contributed by atoms with E-state index < -0.39 is 21.7 Å². The smallest absolute Gasteiger partial charge is 0.255 e. The lowest BCUT2D eigenvalue weighted by atomic mass is 9.88. The molecule has 30 heavy (non-hydrogen) atoms. The molecule has 0 aliphatic carbocycles. The molecule has 0 aromatic heterocycles. The molecule has 1 amide bonds. The molecule has 1 aliphatic rings. The van der Waals surface area contributed by atoms with Crippen LogP contribution >= 0.6 is 11.6 Å². The molecule has 162 valence electrons. The molecule has 1 heterocycles. The molecule has 1 saturated heterocycles. The van der Waals surface area contributed by atoms with E-state index in [-0.39, 0.29) is 59.3 Å². The van der Waals surface area contributed by atoms with Gasteiger partial charge in [0.1, 0.15) is 5.82 Å². The lowest BCUT2D eigenvalue weighted by Crippen LogP contribution is -2.45. The zero-order valence-electron chi connectivity index (χ0n) is 16.0. The van der Waals surface area contributed by atoms with Crippen LogP contribution in [-0.4, -0.2) is 55.1 Å². The van der Waals surface area contributed by atoms with Crippen molar-refractivity contribution in [3.05, 3.63) is 58.9 Å². The molecule has 3 N–H and O–H groups in total. The van der Waals surface area contributed by atoms with E-state index in [1.54, 1.807) is 0 Å². The first-order valence-corrected chi connectivity index (χ1v) is 11.2. The summed E-state index contributed by atoms with van der Waals surface area (Å²) in [6, 6.07) is 9.31. The fourth-order valence-corrected chi connectivity index (χ4v) is 5.18. The lowest BCUT2D eigenvalue weighted by Gasteiger charge is -2.36. The molecule has 3 rings (SSSR count). The number of anilines is 1. The summed E-state index contributed by atoms with van der Waals surface area (Å²) in [5.41, 5.74) is 0.386. The molecule has 2 aromatic rings. The lowest BCUT2D eigenvalue weighted by molar-refractivity contribution is 0.0704. The average Bonchev–Trinajstić information content (AvgIpc) is 2.75. The van der Waals surface area contributed by atoms with Gasteiger partial charge in [-0.3, -0.25) is 4.79 Å². The molecule has 0 saturated carbocycles. The first kappa shape index (κ1) is 22.6. The summed E-state index contributed by atoms with van der Waals surface area (Å²) >= 11 is 5.71. The van der Waals surface area contributed by atoms with Gasteiger partial charge in [0.25, 0.3) is 5.91 Å². The van der Waals surface area contributed by atoms with E-state index in [9.17, 15) is 27.8 Å². The molecule has 0 radical (unpaired) electrons. The molecule has 2 atom stereocenters. The van der Waals surface area contributed by atoms with Crippen LogP contribution < -0.4 is 5.32 Å². The second-order valence-electron chi connectivity index (χ2n) is 7.15. The summed E-state index contributed by atoms with van der Waals surface area (Å²) in [4.78, 5) is 12.5. The summed E-state index contributed by atoms with van der Waals surface area (Å²) in [6.45, 7) is -0.0226. The number of hydrogen-bond acceptors (Lipinski definition) is 5. The van der Waals surface area contributed by atoms with Crippen molar-refractivity contribution in [2.45, 2.75) is 11.3 Å². The minimum absolute atomic E-state index is 0.0496. The van der Waals surface area contributed by atoms with Gasteiger partial charge in [0.05, 0.1) is 9.92 Å². The Morgan fingerprint density at radius 1 is 1.17 bits per heavy atom. The molecule has 0 bridgehead atoms. The highest BCUT2D eigenvalue weighted by molar-refractivity contribution is 7.89. The van der Waals surface area contributed by atoms with Gasteiger partial charge in [-0.2, -0.15) is 4.31 Å². The quantitative estimate of drug-likeness (QED) is 0.618. The summed E-state index contributed by atoms with van der Waals surface area (Å²) in [7, 11) is -3.89. The Bertz CT molecular complexity index is 1030. The third-order valence-corrected chi connectivity index (χ3v) is 7.39. The number of piperidine rings is 1. The van der Waals surface area contributed by atoms with Gasteiger partial charge in [-0.1, -0.05) is 17.7 Å². The van der Waals surface area contributed by atoms with Crippen LogP contribution in [0.15, 0.2) is 47.4 Å². The Morgan fingerprint density at radius 2 is 1.90 bits per heavy atom. The van der Waals surface area contributed by atoms with Crippen molar-refractivity contribution in [2.75, 3.05) is 31.6 Å². The van der Waals surface area contributed by atoms with Crippen LogP contribution in [0.1, 0.15) is 16.8 Å². The van der Waals surface area contributed by atoms with Crippen molar-refractivity contribution >= 4 is 33.2 Å². The largest absolute Gasteiger partial charge is 0.396 e. The van der Waals surface area contributed by atoms with Crippen molar-refractivity contribution in [1.29, 1.82) is 0 Å². The predicted molar refractivity (Wildman–Crippen MR) is 110 cm³/mol. The zero-order chi connectivity index (χ0) is 21.9. The summed E-state index contributed by atoms with van der Waals surface area (Å²) in [5, 5.41) is 21.3. The van der Waals surface area contributed by atoms with Gasteiger partial charge in [-0.15, -0.1) is 0 Å². The number of nitrogens with one attached hydrogen (secondary N) is 1. The van der Waals surface area contributed by atoms with Crippen LogP contribution in [0.25, 0.3) is 0 Å². The number of nitrogens with zero attached hydrogens (tertiary/aromatic N) is 1. The molecular weight excluding hydrogens is 435 g/mol. The highest BCUT2D eigenvalue weighted by atomic mass is 35.5. The third-order valence-electron chi connectivity index (χ3n) is 5.23. The van der Waals surface area contributed by atoms with Crippen molar-refractivity contribution in [2.24, 2.45) is 11.8 Å². The number of rotatable bonds is 6. The van der Waals surface area contributed by atoms with Crippen LogP contribution in [0, 0.1) is 17.7 Å². The third kappa shape index (κ3) is 4.81. The van der Waals surface area contributed by atoms with E-state index in [2.05, 4.69) is 5.32 Å². The van der Waals surface area contributed by atoms with E-state index >= 15 is 0 Å². The van der Waals surface area contributed by atoms with Crippen LogP contribution in [0.4, 0.5) is 10.1 Å². The van der Waals surface area contributed by atoms with Crippen LogP contribution in [0.3, 0.4) is 0 Å². The molecule has 1 fully saturated rings. The first-order valence-electron chi connectivity index (χ1n) is 9.34. The molecular formula is C20H22ClFN2O5S. The van der Waals surface area contributed by atoms with Crippen molar-refractivity contribution in [1.82, 2.24) is 4.31 Å². The van der Waals surface area contributed by atoms with Gasteiger partial charge >= 0.3 is 0 Å². The summed E-state index contributed by atoms with van der Waals surface area (Å²) < 4.78 is 40.6. The highest BCUT2D eigenvalue weighted by Crippen LogP contribution is 2.28. The van der Waals surface area contributed by atoms with E-state index in [1.165, 1.54) is 40.7 Å². The molecule has 10 heteroatoms. The maximum Gasteiger partial charge on any atom is 0.255 e. The fourth-order valence-electron chi connectivity index (χ4n) is 3.44. The summed E-state index contributed by atoms with van der Waals surface area (Å²) in [5.74, 6) is -1.69. The second kappa shape index (κ2) is 9.40. The fraction of sp³-hybridized carbons (Fsp3) is 0.350. The number of benzene rings is 2. The number of aliphatic hydroxyl groups excluding tert-OH is 2. The van der Waals surface area contributed by atoms with E-state index in [4.69, 9.17) is 11.6 Å². The topological polar surface area (TPSA) is 107 Å². The molecule has 1 aliphatic heterocycles. The number of aliphatic hydroxyl groups is 2. The maximum atomic E-state index is 13.3. The van der Waals surface area contributed by atoms with Crippen LogP contribution in [0.5, 0.6) is 0 Å². The van der Waals surface area contributed by atoms with Crippen molar-refractivity contribution in [3.63, 3.8) is 0 Å². The monoisotopic (exact) mass is 456 g/mol. The van der Waals surface area contributed by atoms with E-state index in [1.807, 2.05) is 0 Å². The Hall–Kier alpha value is -2.04. The SMILES string of the molecule is O=C(Nc1ccc(F)c(Cl)c1)c1cccc(S(=O)(=O)N2CCC(CO)C(CO)C2)c1. The van der Waals surface area contributed by atoms with E-state index in [0.29, 0.717) is 6.42 Å². The predicted octanol–water partition coefficient (Wildman–Crippen LogP) is 2.34. The Morgan fingerprint density at radius 3 is 2.57 bits per heavy atom. The molecule has 7 nitrogen and oxygen atoms in total. The summed E-state index contributed by atoms with van der Waals surface area (Å²) in [6.07, 6.45) is 0.437. The second-order valence-corrected chi connectivity index (χ2v) is 9.49. The first-order chi connectivity index (χ1) is 14.3. The Balaban J connectivity index is 1.80. The number of carbonyl (C=O) groups is 1. The van der Waals surface area contributed by atoms with Crippen molar-refractivity contribution in [3.8, 4) is 0 Å². The Labute approximate surface area is 179 Å². The number of amides is 1. The van der Waals surface area contributed by atoms with Gasteiger partial charge < -0.3 is 15.5 Å². The highest BCUT2D eigenvalue weighted by Gasteiger charge is 2.35. The number of hydrogen-bond donors (Lipinski definition) is 3. The minimum atomic E-state index is -3.89. The number of carbonyl (C=O) groups excluding carboxylic acids is 1. The molecule has 2 unspecified atom stereocenters. The Kier molecular flexibility index (Phi) is 7.10. The minimum Gasteiger partial charge on any atom is -0.396 e. The van der Waals surface area contributed by atoms with Gasteiger partial charge in [0.2, 0.25) is 10.0 Å². The maximum absolute atomic E-state index is 13.3. The standard InChI is InChI=1S/C20H22ClFN2O5S/c21-18-9-16(4-5-19(18)22)23-20(27)13-2-1-3-17(8-13)30(28,29)24-7-6-14(11-25)15(10-24)12-26/h1-5,8-9,14-15,25-26H,6-7,10-12H2,(H,23,27). The van der Waals surface area contributed by atoms with E-state index in [0.717, 1.165) is 6.07 Å². The molecule has 0 spiro atoms. The van der Waals surface area contributed by atoms with Crippen molar-refractivity contribution < 1.29 is 27.8 Å². The van der Waals surface area contributed by atoms with Gasteiger partial charge in [0, 0.05) is 43.5 Å². The van der Waals surface area contributed by atoms with Gasteiger partial charge in [-0.05, 0) is 48.7 Å². The van der Waals surface area contributed by atoms with Crippen LogP contribution in [-0.2, 0) is 10.0 Å². The zero-order valence-corrected chi connectivity index (χ0v) is 17.5. The number of halogens is 2. The van der Waals surface area contributed by atoms with Gasteiger partial charge in [0.15, 0.2) is 0 Å². The van der Waals surface area contributed by atoms with Gasteiger partial charge in [-0.25, -0.2) is 12.8 Å². The average molecular weight is 457 g/mol. The van der Waals surface area contributed by atoms with Crippen LogP contribution in [0.2, 0.25) is 5.02 Å². The molecule has 2 aromatic carbocycles. The normalized spacial score (nSPS) is 20.1. The number of sulfonamides is 1.